The Labute approximate surface area is 296 Å². The van der Waals surface area contributed by atoms with Crippen molar-refractivity contribution in [3.63, 3.8) is 0 Å². The van der Waals surface area contributed by atoms with E-state index < -0.39 is 0 Å². The number of hydrogen-bond donors (Lipinski definition) is 0. The number of benzene rings is 6. The van der Waals surface area contributed by atoms with Crippen molar-refractivity contribution in [3.05, 3.63) is 162 Å². The molecule has 0 radical (unpaired) electrons. The lowest BCUT2D eigenvalue weighted by Gasteiger charge is -2.20. The van der Waals surface area contributed by atoms with Crippen molar-refractivity contribution < 1.29 is 9.15 Å². The summed E-state index contributed by atoms with van der Waals surface area (Å²) >= 11 is 1.79. The monoisotopic (exact) mass is 673 g/mol. The minimum atomic E-state index is 0.146. The van der Waals surface area contributed by atoms with E-state index in [9.17, 15) is 0 Å². The Morgan fingerprint density at radius 1 is 0.588 bits per heavy atom. The van der Waals surface area contributed by atoms with Gasteiger partial charge >= 0.3 is 0 Å². The molecule has 0 spiro atoms. The van der Waals surface area contributed by atoms with Crippen molar-refractivity contribution in [1.29, 1.82) is 0 Å². The van der Waals surface area contributed by atoms with Gasteiger partial charge in [0.1, 0.15) is 22.7 Å². The smallest absolute Gasteiger partial charge is 0.165 e. The van der Waals surface area contributed by atoms with Crippen LogP contribution in [0.25, 0.3) is 81.8 Å². The number of hydrogen-bond acceptors (Lipinski definition) is 6. The van der Waals surface area contributed by atoms with Crippen LogP contribution in [0.15, 0.2) is 156 Å². The molecule has 6 heteroatoms. The van der Waals surface area contributed by atoms with Crippen LogP contribution in [-0.4, -0.2) is 15.0 Å². The lowest BCUT2D eigenvalue weighted by molar-refractivity contribution is 0.429. The molecule has 0 amide bonds. The number of furan rings is 1. The number of allylic oxidation sites excluding steroid dienone is 4. The van der Waals surface area contributed by atoms with E-state index in [0.29, 0.717) is 17.5 Å². The standard InChI is InChI=1S/C45H27N3O2S/c1-2-11-26(12-3-1)43-46-44(27-21-22-30-29-14-6-9-20-38(29)51-39(30)25-27)48-45(47-43)41-31(23-24-37-40(41)34-15-5-8-19-36(34)49-37)33-17-10-16-32-28-13-4-7-18-35(28)50-42(32)33/h1-15,17-25,32H,16H2. The van der Waals surface area contributed by atoms with Crippen molar-refractivity contribution in [1.82, 2.24) is 15.0 Å². The first kappa shape index (κ1) is 28.5. The summed E-state index contributed by atoms with van der Waals surface area (Å²) in [6.07, 6.45) is 5.33. The van der Waals surface area contributed by atoms with Crippen molar-refractivity contribution in [2.75, 3.05) is 0 Å². The number of thiophene rings is 1. The Morgan fingerprint density at radius 3 is 2.25 bits per heavy atom. The minimum Gasteiger partial charge on any atom is -0.460 e. The highest BCUT2D eigenvalue weighted by Gasteiger charge is 2.34. The summed E-state index contributed by atoms with van der Waals surface area (Å²) in [6.45, 7) is 0. The van der Waals surface area contributed by atoms with Crippen LogP contribution in [0.4, 0.5) is 0 Å². The molecule has 1 atom stereocenters. The average Bonchev–Trinajstić information content (AvgIpc) is 3.88. The number of ether oxygens (including phenoxy) is 1. The van der Waals surface area contributed by atoms with E-state index in [-0.39, 0.29) is 5.92 Å². The molecule has 3 aromatic heterocycles. The maximum absolute atomic E-state index is 6.65. The quantitative estimate of drug-likeness (QED) is 0.186. The van der Waals surface area contributed by atoms with Gasteiger partial charge in [0, 0.05) is 64.7 Å². The van der Waals surface area contributed by atoms with Crippen LogP contribution in [-0.2, 0) is 0 Å². The van der Waals surface area contributed by atoms with Gasteiger partial charge in [-0.05, 0) is 48.4 Å². The Balaban J connectivity index is 1.21. The van der Waals surface area contributed by atoms with Crippen molar-refractivity contribution in [2.45, 2.75) is 12.3 Å². The molecular formula is C45H27N3O2S. The van der Waals surface area contributed by atoms with Gasteiger partial charge in [0.05, 0.1) is 0 Å². The fraction of sp³-hybridized carbons (Fsp3) is 0.0444. The number of rotatable bonds is 4. The van der Waals surface area contributed by atoms with Gasteiger partial charge in [-0.3, -0.25) is 0 Å². The average molecular weight is 674 g/mol. The number of nitrogens with zero attached hydrogens (tertiary/aromatic N) is 3. The Kier molecular flexibility index (Phi) is 6.18. The summed E-state index contributed by atoms with van der Waals surface area (Å²) in [5, 5.41) is 4.48. The molecule has 0 saturated carbocycles. The Bertz CT molecular complexity index is 2940. The molecule has 4 heterocycles. The van der Waals surface area contributed by atoms with Crippen LogP contribution in [0.2, 0.25) is 0 Å². The van der Waals surface area contributed by atoms with Gasteiger partial charge in [0.25, 0.3) is 0 Å². The van der Waals surface area contributed by atoms with Gasteiger partial charge in [-0.25, -0.2) is 15.0 Å². The summed E-state index contributed by atoms with van der Waals surface area (Å²) < 4.78 is 15.6. The van der Waals surface area contributed by atoms with E-state index in [4.69, 9.17) is 24.1 Å². The third-order valence-corrected chi connectivity index (χ3v) is 11.2. The molecule has 2 aliphatic rings. The molecule has 0 saturated heterocycles. The predicted molar refractivity (Wildman–Crippen MR) is 207 cm³/mol. The normalized spacial score (nSPS) is 15.2. The van der Waals surface area contributed by atoms with Crippen LogP contribution in [0.1, 0.15) is 23.5 Å². The maximum Gasteiger partial charge on any atom is 0.165 e. The molecule has 11 rings (SSSR count). The molecule has 1 aliphatic carbocycles. The summed E-state index contributed by atoms with van der Waals surface area (Å²) in [7, 11) is 0. The summed E-state index contributed by atoms with van der Waals surface area (Å²) in [6, 6.07) is 46.0. The van der Waals surface area contributed by atoms with E-state index in [2.05, 4.69) is 109 Å². The first-order valence-corrected chi connectivity index (χ1v) is 17.9. The molecule has 0 bridgehead atoms. The second-order valence-electron chi connectivity index (χ2n) is 13.0. The zero-order valence-electron chi connectivity index (χ0n) is 27.2. The molecule has 5 nitrogen and oxygen atoms in total. The zero-order valence-corrected chi connectivity index (χ0v) is 28.0. The predicted octanol–water partition coefficient (Wildman–Crippen LogP) is 12.0. The van der Waals surface area contributed by atoms with Gasteiger partial charge in [-0.15, -0.1) is 11.3 Å². The van der Waals surface area contributed by atoms with Crippen LogP contribution in [0, 0.1) is 0 Å². The van der Waals surface area contributed by atoms with Crippen LogP contribution >= 0.6 is 11.3 Å². The first-order chi connectivity index (χ1) is 25.3. The highest BCUT2D eigenvalue weighted by molar-refractivity contribution is 7.25. The van der Waals surface area contributed by atoms with E-state index in [0.717, 1.165) is 67.7 Å². The fourth-order valence-electron chi connectivity index (χ4n) is 7.77. The van der Waals surface area contributed by atoms with Crippen molar-refractivity contribution >= 4 is 59.0 Å². The zero-order chi connectivity index (χ0) is 33.5. The molecular weight excluding hydrogens is 647 g/mol. The first-order valence-electron chi connectivity index (χ1n) is 17.1. The van der Waals surface area contributed by atoms with Crippen molar-refractivity contribution in [3.8, 4) is 39.9 Å². The van der Waals surface area contributed by atoms with Crippen LogP contribution in [0.5, 0.6) is 5.75 Å². The number of para-hydroxylation sites is 2. The molecule has 9 aromatic rings. The molecule has 1 aliphatic heterocycles. The minimum absolute atomic E-state index is 0.146. The van der Waals surface area contributed by atoms with E-state index >= 15 is 0 Å². The number of aromatic nitrogens is 3. The van der Waals surface area contributed by atoms with Gasteiger partial charge in [-0.1, -0.05) is 109 Å². The molecule has 1 unspecified atom stereocenters. The summed E-state index contributed by atoms with van der Waals surface area (Å²) in [5.41, 5.74) is 7.60. The highest BCUT2D eigenvalue weighted by Crippen LogP contribution is 2.50. The lowest BCUT2D eigenvalue weighted by Crippen LogP contribution is -2.07. The molecule has 0 N–H and O–H groups in total. The third-order valence-electron chi connectivity index (χ3n) is 10.1. The van der Waals surface area contributed by atoms with Crippen LogP contribution < -0.4 is 4.74 Å². The third kappa shape index (κ3) is 4.43. The van der Waals surface area contributed by atoms with Crippen LogP contribution in [0.3, 0.4) is 0 Å². The summed E-state index contributed by atoms with van der Waals surface area (Å²) in [5.74, 6) is 3.84. The van der Waals surface area contributed by atoms with Crippen molar-refractivity contribution in [2.24, 2.45) is 0 Å². The molecule has 0 fully saturated rings. The second-order valence-corrected chi connectivity index (χ2v) is 14.1. The van der Waals surface area contributed by atoms with Gasteiger partial charge in [0.2, 0.25) is 0 Å². The summed E-state index contributed by atoms with van der Waals surface area (Å²) in [4.78, 5) is 15.7. The molecule has 240 valence electrons. The molecule has 6 aromatic carbocycles. The largest absolute Gasteiger partial charge is 0.460 e. The topological polar surface area (TPSA) is 61.0 Å². The van der Waals surface area contributed by atoms with E-state index in [1.165, 1.54) is 25.7 Å². The Morgan fingerprint density at radius 2 is 1.33 bits per heavy atom. The SMILES string of the molecule is C1=CC(c2ccc3oc4ccccc4c3c2-c2nc(-c3ccccc3)nc(-c3ccc4c(c3)sc3ccccc34)n2)=C2Oc3ccccc3C2C1. The maximum atomic E-state index is 6.65. The van der Waals surface area contributed by atoms with Gasteiger partial charge < -0.3 is 9.15 Å². The number of fused-ring (bicyclic) bond motifs is 9. The van der Waals surface area contributed by atoms with E-state index in [1.807, 2.05) is 36.4 Å². The Hall–Kier alpha value is -6.37. The lowest BCUT2D eigenvalue weighted by atomic mass is 9.85. The fourth-order valence-corrected chi connectivity index (χ4v) is 8.91. The van der Waals surface area contributed by atoms with Gasteiger partial charge in [0.15, 0.2) is 17.5 Å². The van der Waals surface area contributed by atoms with E-state index in [1.54, 1.807) is 11.3 Å². The second kappa shape index (κ2) is 11.1. The molecule has 51 heavy (non-hydrogen) atoms. The van der Waals surface area contributed by atoms with Gasteiger partial charge in [-0.2, -0.15) is 0 Å². The highest BCUT2D eigenvalue weighted by atomic mass is 32.1.